The largest absolute Gasteiger partial charge is 0.465 e. The number of rotatable bonds is 4. The summed E-state index contributed by atoms with van der Waals surface area (Å²) < 4.78 is 4.73. The highest BCUT2D eigenvalue weighted by Crippen LogP contribution is 2.23. The van der Waals surface area contributed by atoms with Crippen LogP contribution in [0.4, 0.5) is 11.5 Å². The topological polar surface area (TPSA) is 77.2 Å². The molecule has 5 nitrogen and oxygen atoms in total. The van der Waals surface area contributed by atoms with E-state index in [4.69, 9.17) is 10.5 Å². The number of ether oxygens (including phenoxy) is 1. The molecule has 0 amide bonds. The zero-order valence-electron chi connectivity index (χ0n) is 10.7. The molecule has 1 unspecified atom stereocenters. The van der Waals surface area contributed by atoms with E-state index in [1.807, 2.05) is 23.8 Å². The van der Waals surface area contributed by atoms with Gasteiger partial charge in [-0.15, -0.1) is 0 Å². The minimum Gasteiger partial charge on any atom is -0.465 e. The fourth-order valence-electron chi connectivity index (χ4n) is 1.67. The predicted octanol–water partition coefficient (Wildman–Crippen LogP) is 2.69. The number of nitrogen functional groups attached to an aromatic ring is 1. The first kappa shape index (κ1) is 13.4. The van der Waals surface area contributed by atoms with Gasteiger partial charge in [0.15, 0.2) is 0 Å². The number of carbonyl (C=O) groups is 1. The molecule has 0 fully saturated rings. The Kier molecular flexibility index (Phi) is 4.01. The van der Waals surface area contributed by atoms with Crippen molar-refractivity contribution >= 4 is 28.8 Å². The average Bonchev–Trinajstić information content (AvgIpc) is 2.94. The molecule has 0 bridgehead atoms. The summed E-state index contributed by atoms with van der Waals surface area (Å²) in [6, 6.07) is 3.63. The molecule has 2 rings (SSSR count). The van der Waals surface area contributed by atoms with Gasteiger partial charge >= 0.3 is 5.97 Å². The lowest BCUT2D eigenvalue weighted by molar-refractivity contribution is 0.0601. The number of nitrogens with two attached hydrogens (primary N) is 1. The van der Waals surface area contributed by atoms with Crippen molar-refractivity contribution in [3.63, 3.8) is 0 Å². The van der Waals surface area contributed by atoms with Crippen molar-refractivity contribution in [3.05, 3.63) is 40.2 Å². The van der Waals surface area contributed by atoms with Gasteiger partial charge in [0.05, 0.1) is 25.0 Å². The van der Waals surface area contributed by atoms with E-state index in [9.17, 15) is 4.79 Å². The first-order valence-corrected chi connectivity index (χ1v) is 6.68. The molecule has 0 aliphatic heterocycles. The van der Waals surface area contributed by atoms with E-state index in [-0.39, 0.29) is 6.04 Å². The number of thiophene rings is 1. The summed E-state index contributed by atoms with van der Waals surface area (Å²) in [5.74, 6) is 0.0135. The standard InChI is InChI=1S/C13H15N3O2S/c1-8(9-3-4-19-7-9)16-12-11(13(17)18-2)5-10(14)6-15-12/h3-8H,14H2,1-2H3,(H,15,16). The number of esters is 1. The summed E-state index contributed by atoms with van der Waals surface area (Å²) in [6.45, 7) is 2.00. The van der Waals surface area contributed by atoms with Crippen molar-refractivity contribution < 1.29 is 9.53 Å². The third-order valence-corrected chi connectivity index (χ3v) is 3.41. The SMILES string of the molecule is COC(=O)c1cc(N)cnc1NC(C)c1ccsc1. The second-order valence-electron chi connectivity index (χ2n) is 4.08. The van der Waals surface area contributed by atoms with Crippen LogP contribution in [0.25, 0.3) is 0 Å². The Bertz CT molecular complexity index is 569. The molecule has 0 aromatic carbocycles. The highest BCUT2D eigenvalue weighted by Gasteiger charge is 2.16. The van der Waals surface area contributed by atoms with Gasteiger partial charge in [-0.05, 0) is 35.4 Å². The van der Waals surface area contributed by atoms with Gasteiger partial charge in [0.2, 0.25) is 0 Å². The summed E-state index contributed by atoms with van der Waals surface area (Å²) in [4.78, 5) is 15.9. The molecular weight excluding hydrogens is 262 g/mol. The van der Waals surface area contributed by atoms with E-state index in [2.05, 4.69) is 10.3 Å². The van der Waals surface area contributed by atoms with E-state index in [1.165, 1.54) is 13.3 Å². The molecule has 0 aliphatic carbocycles. The van der Waals surface area contributed by atoms with Crippen LogP contribution in [-0.4, -0.2) is 18.1 Å². The Morgan fingerprint density at radius 1 is 1.58 bits per heavy atom. The van der Waals surface area contributed by atoms with Crippen LogP contribution >= 0.6 is 11.3 Å². The molecule has 2 aromatic heterocycles. The summed E-state index contributed by atoms with van der Waals surface area (Å²) in [6.07, 6.45) is 1.51. The smallest absolute Gasteiger partial charge is 0.341 e. The zero-order chi connectivity index (χ0) is 13.8. The maximum atomic E-state index is 11.7. The zero-order valence-corrected chi connectivity index (χ0v) is 11.5. The number of nitrogens with zero attached hydrogens (tertiary/aromatic N) is 1. The lowest BCUT2D eigenvalue weighted by Gasteiger charge is -2.15. The van der Waals surface area contributed by atoms with E-state index in [0.29, 0.717) is 17.1 Å². The Morgan fingerprint density at radius 3 is 3.00 bits per heavy atom. The first-order chi connectivity index (χ1) is 9.11. The van der Waals surface area contributed by atoms with Gasteiger partial charge in [0.1, 0.15) is 11.4 Å². The third kappa shape index (κ3) is 3.03. The fourth-order valence-corrected chi connectivity index (χ4v) is 2.43. The molecule has 0 aliphatic rings. The molecule has 0 saturated carbocycles. The highest BCUT2D eigenvalue weighted by molar-refractivity contribution is 7.07. The molecule has 1 atom stereocenters. The van der Waals surface area contributed by atoms with E-state index >= 15 is 0 Å². The molecule has 0 saturated heterocycles. The maximum Gasteiger partial charge on any atom is 0.341 e. The molecule has 0 radical (unpaired) electrons. The number of carbonyl (C=O) groups excluding carboxylic acids is 1. The monoisotopic (exact) mass is 277 g/mol. The Morgan fingerprint density at radius 2 is 2.37 bits per heavy atom. The molecule has 2 heterocycles. The molecular formula is C13H15N3O2S. The summed E-state index contributed by atoms with van der Waals surface area (Å²) in [5.41, 5.74) is 7.55. The number of anilines is 2. The minimum atomic E-state index is -0.459. The quantitative estimate of drug-likeness (QED) is 0.840. The number of hydrogen-bond donors (Lipinski definition) is 2. The van der Waals surface area contributed by atoms with Crippen LogP contribution in [0.15, 0.2) is 29.1 Å². The van der Waals surface area contributed by atoms with Crippen molar-refractivity contribution in [1.29, 1.82) is 0 Å². The van der Waals surface area contributed by atoms with Crippen molar-refractivity contribution in [1.82, 2.24) is 4.98 Å². The number of nitrogens with one attached hydrogen (secondary N) is 1. The Hall–Kier alpha value is -2.08. The van der Waals surface area contributed by atoms with Crippen molar-refractivity contribution in [2.24, 2.45) is 0 Å². The predicted molar refractivity (Wildman–Crippen MR) is 76.3 cm³/mol. The summed E-state index contributed by atoms with van der Waals surface area (Å²) in [5, 5.41) is 7.25. The summed E-state index contributed by atoms with van der Waals surface area (Å²) >= 11 is 1.62. The van der Waals surface area contributed by atoms with Crippen LogP contribution < -0.4 is 11.1 Å². The van der Waals surface area contributed by atoms with Crippen LogP contribution in [0.5, 0.6) is 0 Å². The lowest BCUT2D eigenvalue weighted by atomic mass is 10.1. The molecule has 0 spiro atoms. The van der Waals surface area contributed by atoms with E-state index in [1.54, 1.807) is 17.4 Å². The van der Waals surface area contributed by atoms with Gasteiger partial charge in [0.25, 0.3) is 0 Å². The Balaban J connectivity index is 2.27. The number of methoxy groups -OCH3 is 1. The van der Waals surface area contributed by atoms with Gasteiger partial charge in [0, 0.05) is 0 Å². The molecule has 19 heavy (non-hydrogen) atoms. The van der Waals surface area contributed by atoms with Crippen LogP contribution in [0.1, 0.15) is 28.9 Å². The van der Waals surface area contributed by atoms with Crippen molar-refractivity contribution in [2.75, 3.05) is 18.2 Å². The molecule has 100 valence electrons. The van der Waals surface area contributed by atoms with Crippen LogP contribution in [0.2, 0.25) is 0 Å². The van der Waals surface area contributed by atoms with Gasteiger partial charge in [-0.1, -0.05) is 0 Å². The van der Waals surface area contributed by atoms with E-state index < -0.39 is 5.97 Å². The van der Waals surface area contributed by atoms with Gasteiger partial charge in [-0.25, -0.2) is 9.78 Å². The molecule has 6 heteroatoms. The molecule has 2 aromatic rings. The second-order valence-corrected chi connectivity index (χ2v) is 4.86. The number of aromatic nitrogens is 1. The fraction of sp³-hybridized carbons (Fsp3) is 0.231. The van der Waals surface area contributed by atoms with E-state index in [0.717, 1.165) is 5.56 Å². The second kappa shape index (κ2) is 5.71. The third-order valence-electron chi connectivity index (χ3n) is 2.71. The molecule has 3 N–H and O–H groups in total. The minimum absolute atomic E-state index is 0.0470. The number of hydrogen-bond acceptors (Lipinski definition) is 6. The van der Waals surface area contributed by atoms with Gasteiger partial charge < -0.3 is 15.8 Å². The maximum absolute atomic E-state index is 11.7. The van der Waals surface area contributed by atoms with Crippen LogP contribution in [0.3, 0.4) is 0 Å². The Labute approximate surface area is 115 Å². The van der Waals surface area contributed by atoms with Gasteiger partial charge in [-0.3, -0.25) is 0 Å². The summed E-state index contributed by atoms with van der Waals surface area (Å²) in [7, 11) is 1.33. The van der Waals surface area contributed by atoms with Gasteiger partial charge in [-0.2, -0.15) is 11.3 Å². The number of pyridine rings is 1. The van der Waals surface area contributed by atoms with Crippen molar-refractivity contribution in [2.45, 2.75) is 13.0 Å². The van der Waals surface area contributed by atoms with Crippen LogP contribution in [0, 0.1) is 0 Å². The van der Waals surface area contributed by atoms with Crippen molar-refractivity contribution in [3.8, 4) is 0 Å². The first-order valence-electron chi connectivity index (χ1n) is 5.74. The normalized spacial score (nSPS) is 11.9. The lowest BCUT2D eigenvalue weighted by Crippen LogP contribution is -2.13. The van der Waals surface area contributed by atoms with Crippen LogP contribution in [-0.2, 0) is 4.74 Å². The average molecular weight is 277 g/mol. The highest BCUT2D eigenvalue weighted by atomic mass is 32.1.